The minimum absolute atomic E-state index is 0.0359. The summed E-state index contributed by atoms with van der Waals surface area (Å²) in [4.78, 5) is 91.4. The summed E-state index contributed by atoms with van der Waals surface area (Å²) in [7, 11) is 4.39. The van der Waals surface area contributed by atoms with Crippen molar-refractivity contribution < 1.29 is 43.0 Å². The van der Waals surface area contributed by atoms with Crippen LogP contribution in [0.25, 0.3) is 0 Å². The summed E-state index contributed by atoms with van der Waals surface area (Å²) in [6.07, 6.45) is -2.61. The van der Waals surface area contributed by atoms with Crippen LogP contribution in [0.5, 0.6) is 0 Å². The molecular weight excluding hydrogens is 763 g/mol. The monoisotopic (exact) mass is 825 g/mol. The van der Waals surface area contributed by atoms with E-state index in [9.17, 15) is 28.8 Å². The van der Waals surface area contributed by atoms with Gasteiger partial charge >= 0.3 is 17.9 Å². The number of carbonyl (C=O) groups is 6. The predicted octanol–water partition coefficient (Wildman–Crippen LogP) is 6.08. The Labute approximate surface area is 355 Å². The normalized spacial score (nSPS) is 24.4. The maximum atomic E-state index is 14.7. The van der Waals surface area contributed by atoms with Crippen molar-refractivity contribution in [3.05, 3.63) is 108 Å². The lowest BCUT2D eigenvalue weighted by molar-refractivity contribution is -0.180. The van der Waals surface area contributed by atoms with Crippen LogP contribution in [0.4, 0.5) is 0 Å². The molecule has 60 heavy (non-hydrogen) atoms. The molecule has 1 aliphatic rings. The second-order valence-electron chi connectivity index (χ2n) is 16.2. The Morgan fingerprint density at radius 3 is 0.833 bits per heavy atom. The average molecular weight is 826 g/mol. The summed E-state index contributed by atoms with van der Waals surface area (Å²) in [5.74, 6) is -5.90. The van der Waals surface area contributed by atoms with Crippen LogP contribution in [0.15, 0.2) is 91.0 Å². The number of likely N-dealkylation sites (N-methyl/N-ethyl adjacent to an activating group) is 3. The van der Waals surface area contributed by atoms with Crippen LogP contribution in [0, 0.1) is 17.8 Å². The summed E-state index contributed by atoms with van der Waals surface area (Å²) in [5.41, 5.74) is 2.18. The van der Waals surface area contributed by atoms with Crippen molar-refractivity contribution in [3.8, 4) is 0 Å². The van der Waals surface area contributed by atoms with Gasteiger partial charge in [0.15, 0.2) is 18.3 Å². The fourth-order valence-electron chi connectivity index (χ4n) is 7.19. The Morgan fingerprint density at radius 2 is 0.633 bits per heavy atom. The molecule has 0 unspecified atom stereocenters. The molecule has 4 rings (SSSR count). The second-order valence-corrected chi connectivity index (χ2v) is 16.2. The molecule has 0 aromatic heterocycles. The van der Waals surface area contributed by atoms with Crippen molar-refractivity contribution in [2.24, 2.45) is 17.8 Å². The molecule has 1 fully saturated rings. The van der Waals surface area contributed by atoms with Crippen LogP contribution in [-0.2, 0) is 62.2 Å². The lowest BCUT2D eigenvalue weighted by atomic mass is 9.96. The van der Waals surface area contributed by atoms with E-state index >= 15 is 0 Å². The lowest BCUT2D eigenvalue weighted by Crippen LogP contribution is -2.57. The molecule has 0 N–H and O–H groups in total. The Bertz CT molecular complexity index is 1670. The highest BCUT2D eigenvalue weighted by Crippen LogP contribution is 2.26. The third-order valence-corrected chi connectivity index (χ3v) is 12.0. The molecule has 0 spiro atoms. The number of esters is 3. The van der Waals surface area contributed by atoms with Gasteiger partial charge in [-0.2, -0.15) is 0 Å². The van der Waals surface area contributed by atoms with Crippen LogP contribution in [0.1, 0.15) is 77.5 Å². The molecule has 3 amide bonds. The van der Waals surface area contributed by atoms with E-state index < -0.39 is 89.8 Å². The SMILES string of the molecule is CC[C@@H](C)[C@H]1OC(=O)[C@H](Cc2ccccc2)N(C)C(=O)[C@@H]([C@H](C)CC)OC(=O)[C@H](Cc2ccccc2)N(C)C(=O)[C@@H]([C@H](C)CC)OC(=O)[C@H](Cc2ccccc2)N(C)C1=O. The van der Waals surface area contributed by atoms with Gasteiger partial charge in [-0.3, -0.25) is 14.4 Å². The van der Waals surface area contributed by atoms with Crippen LogP contribution in [0.3, 0.4) is 0 Å². The van der Waals surface area contributed by atoms with Crippen molar-refractivity contribution >= 4 is 35.6 Å². The van der Waals surface area contributed by atoms with Gasteiger partial charge in [0.2, 0.25) is 0 Å². The van der Waals surface area contributed by atoms with E-state index in [1.54, 1.807) is 20.8 Å². The van der Waals surface area contributed by atoms with E-state index in [1.807, 2.05) is 112 Å². The quantitative estimate of drug-likeness (QED) is 0.157. The fraction of sp³-hybridized carbons (Fsp3) is 0.500. The number of hydrogen-bond acceptors (Lipinski definition) is 9. The van der Waals surface area contributed by atoms with Gasteiger partial charge in [0.1, 0.15) is 18.1 Å². The maximum Gasteiger partial charge on any atom is 0.329 e. The number of rotatable bonds is 12. The number of cyclic esters (lactones) is 3. The van der Waals surface area contributed by atoms with Gasteiger partial charge in [-0.25, -0.2) is 14.4 Å². The third kappa shape index (κ3) is 11.8. The minimum atomic E-state index is -1.35. The zero-order valence-corrected chi connectivity index (χ0v) is 36.6. The van der Waals surface area contributed by atoms with E-state index in [4.69, 9.17) is 14.2 Å². The molecule has 9 atom stereocenters. The third-order valence-electron chi connectivity index (χ3n) is 12.0. The van der Waals surface area contributed by atoms with Crippen molar-refractivity contribution in [1.82, 2.24) is 14.7 Å². The number of amides is 3. The molecule has 1 saturated heterocycles. The molecule has 12 heteroatoms. The topological polar surface area (TPSA) is 140 Å². The molecule has 3 aromatic carbocycles. The van der Waals surface area contributed by atoms with Crippen molar-refractivity contribution in [2.75, 3.05) is 21.1 Å². The maximum absolute atomic E-state index is 14.7. The Kier molecular flexibility index (Phi) is 17.4. The smallest absolute Gasteiger partial charge is 0.329 e. The first-order valence-electron chi connectivity index (χ1n) is 21.2. The summed E-state index contributed by atoms with van der Waals surface area (Å²) in [6, 6.07) is 23.6. The molecule has 12 nitrogen and oxygen atoms in total. The van der Waals surface area contributed by atoms with Crippen LogP contribution in [0.2, 0.25) is 0 Å². The van der Waals surface area contributed by atoms with Gasteiger partial charge in [-0.1, -0.05) is 133 Å². The van der Waals surface area contributed by atoms with Gasteiger partial charge in [0.05, 0.1) is 0 Å². The fourth-order valence-corrected chi connectivity index (χ4v) is 7.19. The molecule has 324 valence electrons. The number of benzene rings is 3. The first-order chi connectivity index (χ1) is 28.6. The van der Waals surface area contributed by atoms with Gasteiger partial charge in [-0.15, -0.1) is 0 Å². The summed E-state index contributed by atoms with van der Waals surface area (Å²) >= 11 is 0. The highest BCUT2D eigenvalue weighted by molar-refractivity contribution is 5.94. The molecule has 1 aliphatic heterocycles. The van der Waals surface area contributed by atoms with Gasteiger partial charge in [-0.05, 0) is 36.0 Å². The second kappa shape index (κ2) is 22.2. The summed E-state index contributed by atoms with van der Waals surface area (Å²) in [5, 5.41) is 0. The van der Waals surface area contributed by atoms with E-state index in [0.29, 0.717) is 19.3 Å². The van der Waals surface area contributed by atoms with Gasteiger partial charge < -0.3 is 28.9 Å². The summed E-state index contributed by atoms with van der Waals surface area (Å²) < 4.78 is 18.5. The largest absolute Gasteiger partial charge is 0.450 e. The number of hydrogen-bond donors (Lipinski definition) is 0. The van der Waals surface area contributed by atoms with Crippen LogP contribution >= 0.6 is 0 Å². The van der Waals surface area contributed by atoms with E-state index in [1.165, 1.54) is 35.8 Å². The number of carbonyl (C=O) groups excluding carboxylic acids is 6. The Balaban J connectivity index is 1.93. The predicted molar refractivity (Wildman–Crippen MR) is 228 cm³/mol. The highest BCUT2D eigenvalue weighted by atomic mass is 16.6. The van der Waals surface area contributed by atoms with Crippen LogP contribution < -0.4 is 0 Å². The number of ether oxygens (including phenoxy) is 3. The molecule has 0 radical (unpaired) electrons. The van der Waals surface area contributed by atoms with E-state index in [0.717, 1.165) is 16.7 Å². The molecule has 0 saturated carbocycles. The Morgan fingerprint density at radius 1 is 0.417 bits per heavy atom. The lowest BCUT2D eigenvalue weighted by Gasteiger charge is -2.37. The standard InChI is InChI=1S/C48H63N3O9/c1-10-31(4)40-43(52)49(7)38(29-35-24-18-14-19-25-35)47(56)59-42(33(6)12-3)45(54)51(9)39(30-36-26-20-15-21-27-36)48(57)60-41(32(5)11-2)44(53)50(8)37(46(55)58-40)28-34-22-16-13-17-23-34/h13-27,31-33,37-42H,10-12,28-30H2,1-9H3/t31-,32-,33-,37+,38+,39+,40-,41-,42-/m1/s1. The van der Waals surface area contributed by atoms with Crippen molar-refractivity contribution in [2.45, 2.75) is 117 Å². The zero-order chi connectivity index (χ0) is 44.1. The highest BCUT2D eigenvalue weighted by Gasteiger charge is 2.44. The van der Waals surface area contributed by atoms with Crippen molar-refractivity contribution in [1.29, 1.82) is 0 Å². The van der Waals surface area contributed by atoms with Crippen molar-refractivity contribution in [3.63, 3.8) is 0 Å². The van der Waals surface area contributed by atoms with Gasteiger partial charge in [0.25, 0.3) is 17.7 Å². The van der Waals surface area contributed by atoms with Gasteiger partial charge in [0, 0.05) is 58.2 Å². The van der Waals surface area contributed by atoms with E-state index in [-0.39, 0.29) is 19.3 Å². The molecular formula is C48H63N3O9. The first-order valence-corrected chi connectivity index (χ1v) is 21.2. The first kappa shape index (κ1) is 47.2. The average Bonchev–Trinajstić information content (AvgIpc) is 3.27. The Hall–Kier alpha value is -5.52. The minimum Gasteiger partial charge on any atom is -0.450 e. The molecule has 0 aliphatic carbocycles. The summed E-state index contributed by atoms with van der Waals surface area (Å²) in [6.45, 7) is 10.9. The molecule has 3 aromatic rings. The number of nitrogens with zero attached hydrogens (tertiary/aromatic N) is 3. The molecule has 1 heterocycles. The van der Waals surface area contributed by atoms with Crippen LogP contribution in [-0.4, -0.2) is 108 Å². The molecule has 0 bridgehead atoms. The zero-order valence-electron chi connectivity index (χ0n) is 36.6. The van der Waals surface area contributed by atoms with E-state index in [2.05, 4.69) is 0 Å².